The first kappa shape index (κ1) is 8.37. The summed E-state index contributed by atoms with van der Waals surface area (Å²) in [4.78, 5) is 10.7. The minimum atomic E-state index is -0.326. The second-order valence-corrected chi connectivity index (χ2v) is 1.95. The maximum absolute atomic E-state index is 10.7. The molecule has 0 bridgehead atoms. The fourth-order valence-electron chi connectivity index (χ4n) is 0.573. The molecule has 1 atom stereocenters. The van der Waals surface area contributed by atoms with E-state index in [0.717, 1.165) is 0 Å². The largest absolute Gasteiger partial charge is 0.321 e. The zero-order chi connectivity index (χ0) is 7.28. The van der Waals surface area contributed by atoms with Crippen molar-refractivity contribution >= 4 is 5.78 Å². The lowest BCUT2D eigenvalue weighted by molar-refractivity contribution is -0.119. The van der Waals surface area contributed by atoms with Gasteiger partial charge in [0.2, 0.25) is 0 Å². The molecule has 0 radical (unpaired) electrons. The highest BCUT2D eigenvalue weighted by Crippen LogP contribution is 1.93. The van der Waals surface area contributed by atoms with Crippen LogP contribution < -0.4 is 5.73 Å². The number of carbonyl (C=O) groups excluding carboxylic acids is 1. The lowest BCUT2D eigenvalue weighted by Crippen LogP contribution is -2.28. The van der Waals surface area contributed by atoms with Gasteiger partial charge < -0.3 is 5.73 Å². The maximum atomic E-state index is 10.7. The quantitative estimate of drug-likeness (QED) is 0.569. The zero-order valence-electron chi connectivity index (χ0n) is 5.76. The van der Waals surface area contributed by atoms with Gasteiger partial charge in [-0.15, -0.1) is 6.58 Å². The van der Waals surface area contributed by atoms with Crippen LogP contribution in [0.1, 0.15) is 19.8 Å². The minimum absolute atomic E-state index is 0.106. The summed E-state index contributed by atoms with van der Waals surface area (Å²) in [7, 11) is 0. The van der Waals surface area contributed by atoms with Crippen LogP contribution in [0.3, 0.4) is 0 Å². The molecule has 9 heavy (non-hydrogen) atoms. The molecule has 0 unspecified atom stereocenters. The summed E-state index contributed by atoms with van der Waals surface area (Å²) in [5, 5.41) is 0. The van der Waals surface area contributed by atoms with E-state index >= 15 is 0 Å². The molecule has 0 aromatic heterocycles. The monoisotopic (exact) mass is 127 g/mol. The van der Waals surface area contributed by atoms with Crippen LogP contribution in [0.2, 0.25) is 0 Å². The summed E-state index contributed by atoms with van der Waals surface area (Å²) in [5.74, 6) is 0.106. The van der Waals surface area contributed by atoms with E-state index in [2.05, 4.69) is 6.58 Å². The molecule has 0 saturated carbocycles. The van der Waals surface area contributed by atoms with Gasteiger partial charge in [0.25, 0.3) is 0 Å². The molecule has 0 rings (SSSR count). The average molecular weight is 127 g/mol. The van der Waals surface area contributed by atoms with E-state index in [-0.39, 0.29) is 11.8 Å². The van der Waals surface area contributed by atoms with Crippen LogP contribution in [0, 0.1) is 0 Å². The Balaban J connectivity index is 3.58. The third-order valence-corrected chi connectivity index (χ3v) is 1.18. The SMILES string of the molecule is C=CC[C@H](N)C(=O)CC. The van der Waals surface area contributed by atoms with E-state index in [1.807, 2.05) is 6.92 Å². The Hall–Kier alpha value is -0.630. The average Bonchev–Trinajstić information content (AvgIpc) is 1.87. The highest BCUT2D eigenvalue weighted by molar-refractivity contribution is 5.83. The van der Waals surface area contributed by atoms with Crippen LogP contribution in [0.25, 0.3) is 0 Å². The van der Waals surface area contributed by atoms with E-state index < -0.39 is 0 Å². The Labute approximate surface area is 55.7 Å². The van der Waals surface area contributed by atoms with Gasteiger partial charge in [-0.2, -0.15) is 0 Å². The van der Waals surface area contributed by atoms with Crippen molar-refractivity contribution in [3.63, 3.8) is 0 Å². The second kappa shape index (κ2) is 4.27. The van der Waals surface area contributed by atoms with Gasteiger partial charge in [-0.3, -0.25) is 4.79 Å². The molecule has 2 N–H and O–H groups in total. The first-order chi connectivity index (χ1) is 4.22. The molecule has 0 spiro atoms. The highest BCUT2D eigenvalue weighted by Gasteiger charge is 2.07. The van der Waals surface area contributed by atoms with Gasteiger partial charge in [-0.05, 0) is 6.42 Å². The van der Waals surface area contributed by atoms with Gasteiger partial charge in [0, 0.05) is 6.42 Å². The van der Waals surface area contributed by atoms with Crippen molar-refractivity contribution in [1.82, 2.24) is 0 Å². The van der Waals surface area contributed by atoms with Gasteiger partial charge >= 0.3 is 0 Å². The molecule has 0 heterocycles. The Kier molecular flexibility index (Phi) is 3.97. The van der Waals surface area contributed by atoms with Gasteiger partial charge in [-0.1, -0.05) is 13.0 Å². The number of hydrogen-bond acceptors (Lipinski definition) is 2. The summed E-state index contributed by atoms with van der Waals surface area (Å²) in [6.45, 7) is 5.30. The van der Waals surface area contributed by atoms with Crippen molar-refractivity contribution < 1.29 is 4.79 Å². The normalized spacial score (nSPS) is 12.7. The number of ketones is 1. The van der Waals surface area contributed by atoms with Gasteiger partial charge in [0.1, 0.15) is 5.78 Å². The molecule has 0 aromatic carbocycles. The molecule has 0 aromatic rings. The molecule has 0 aliphatic carbocycles. The Morgan fingerprint density at radius 3 is 2.78 bits per heavy atom. The molecular weight excluding hydrogens is 114 g/mol. The van der Waals surface area contributed by atoms with Crippen molar-refractivity contribution in [2.24, 2.45) is 5.73 Å². The lowest BCUT2D eigenvalue weighted by atomic mass is 10.1. The molecule has 0 aliphatic heterocycles. The van der Waals surface area contributed by atoms with E-state index in [1.54, 1.807) is 6.08 Å². The Morgan fingerprint density at radius 2 is 2.44 bits per heavy atom. The molecule has 0 aliphatic rings. The highest BCUT2D eigenvalue weighted by atomic mass is 16.1. The summed E-state index contributed by atoms with van der Waals surface area (Å²) in [5.41, 5.74) is 5.42. The molecule has 52 valence electrons. The zero-order valence-corrected chi connectivity index (χ0v) is 5.76. The molecule has 0 fully saturated rings. The van der Waals surface area contributed by atoms with Crippen LogP contribution in [0.4, 0.5) is 0 Å². The minimum Gasteiger partial charge on any atom is -0.321 e. The van der Waals surface area contributed by atoms with Crippen molar-refractivity contribution in [3.8, 4) is 0 Å². The van der Waals surface area contributed by atoms with E-state index in [1.165, 1.54) is 0 Å². The van der Waals surface area contributed by atoms with Gasteiger partial charge in [-0.25, -0.2) is 0 Å². The predicted octanol–water partition coefficient (Wildman–Crippen LogP) is 0.869. The lowest BCUT2D eigenvalue weighted by Gasteiger charge is -2.03. The van der Waals surface area contributed by atoms with Crippen LogP contribution in [0.15, 0.2) is 12.7 Å². The standard InChI is InChI=1S/C7H13NO/c1-3-5-6(8)7(9)4-2/h3,6H,1,4-5,8H2,2H3/t6-/m0/s1. The number of rotatable bonds is 4. The van der Waals surface area contributed by atoms with Crippen LogP contribution >= 0.6 is 0 Å². The smallest absolute Gasteiger partial charge is 0.149 e. The summed E-state index contributed by atoms with van der Waals surface area (Å²) >= 11 is 0. The molecule has 0 amide bonds. The first-order valence-electron chi connectivity index (χ1n) is 3.11. The van der Waals surface area contributed by atoms with Crippen molar-refractivity contribution in [1.29, 1.82) is 0 Å². The first-order valence-corrected chi connectivity index (χ1v) is 3.11. The Morgan fingerprint density at radius 1 is 1.89 bits per heavy atom. The fraction of sp³-hybridized carbons (Fsp3) is 0.571. The van der Waals surface area contributed by atoms with Gasteiger partial charge in [0.05, 0.1) is 6.04 Å². The second-order valence-electron chi connectivity index (χ2n) is 1.95. The molecule has 2 heteroatoms. The topological polar surface area (TPSA) is 43.1 Å². The molecular formula is C7H13NO. The van der Waals surface area contributed by atoms with E-state index in [4.69, 9.17) is 5.73 Å². The fourth-order valence-corrected chi connectivity index (χ4v) is 0.573. The maximum Gasteiger partial charge on any atom is 0.149 e. The number of Topliss-reactive ketones (excluding diaryl/α,β-unsaturated/α-hetero) is 1. The Bertz CT molecular complexity index is 109. The molecule has 0 saturated heterocycles. The number of carbonyl (C=O) groups is 1. The summed E-state index contributed by atoms with van der Waals surface area (Å²) in [6.07, 6.45) is 2.78. The number of hydrogen-bond donors (Lipinski definition) is 1. The predicted molar refractivity (Wildman–Crippen MR) is 38.1 cm³/mol. The number of nitrogens with two attached hydrogens (primary N) is 1. The van der Waals surface area contributed by atoms with Crippen molar-refractivity contribution in [2.45, 2.75) is 25.8 Å². The van der Waals surface area contributed by atoms with Gasteiger partial charge in [0.15, 0.2) is 0 Å². The summed E-state index contributed by atoms with van der Waals surface area (Å²) < 4.78 is 0. The molecule has 2 nitrogen and oxygen atoms in total. The van der Waals surface area contributed by atoms with Crippen molar-refractivity contribution in [3.05, 3.63) is 12.7 Å². The van der Waals surface area contributed by atoms with E-state index in [0.29, 0.717) is 12.8 Å². The van der Waals surface area contributed by atoms with Crippen molar-refractivity contribution in [2.75, 3.05) is 0 Å². The third kappa shape index (κ3) is 3.03. The third-order valence-electron chi connectivity index (χ3n) is 1.18. The van der Waals surface area contributed by atoms with E-state index in [9.17, 15) is 4.79 Å². The van der Waals surface area contributed by atoms with Crippen LogP contribution in [0.5, 0.6) is 0 Å². The summed E-state index contributed by atoms with van der Waals surface area (Å²) in [6, 6.07) is -0.326. The van der Waals surface area contributed by atoms with Crippen LogP contribution in [-0.2, 0) is 4.79 Å². The van der Waals surface area contributed by atoms with Crippen LogP contribution in [-0.4, -0.2) is 11.8 Å².